The van der Waals surface area contributed by atoms with E-state index in [1.54, 1.807) is 47.2 Å². The van der Waals surface area contributed by atoms with Gasteiger partial charge in [0, 0.05) is 24.8 Å². The summed E-state index contributed by atoms with van der Waals surface area (Å²) in [5.74, 6) is 0.766. The van der Waals surface area contributed by atoms with Crippen LogP contribution in [0.2, 0.25) is 5.02 Å². The number of benzene rings is 1. The van der Waals surface area contributed by atoms with Crippen molar-refractivity contribution in [2.45, 2.75) is 5.75 Å². The molecule has 1 aromatic carbocycles. The number of methoxy groups -OCH3 is 1. The van der Waals surface area contributed by atoms with Crippen molar-refractivity contribution < 1.29 is 13.7 Å². The molecule has 0 aliphatic heterocycles. The number of aromatic nitrogens is 6. The lowest BCUT2D eigenvalue weighted by Crippen LogP contribution is -2.02. The van der Waals surface area contributed by atoms with E-state index < -0.39 is 17.0 Å². The predicted molar refractivity (Wildman–Crippen MR) is 105 cm³/mol. The van der Waals surface area contributed by atoms with Crippen molar-refractivity contribution in [3.63, 3.8) is 0 Å². The molecule has 4 rings (SSSR count). The monoisotopic (exact) mass is 422 g/mol. The normalized spacial score (nSPS) is 12.6. The molecular weight excluding hydrogens is 407 g/mol. The Morgan fingerprint density at radius 1 is 1.39 bits per heavy atom. The molecule has 3 aromatic heterocycles. The quantitative estimate of drug-likeness (QED) is 0.499. The van der Waals surface area contributed by atoms with Gasteiger partial charge in [0.05, 0.1) is 30.9 Å². The van der Waals surface area contributed by atoms with Crippen molar-refractivity contribution in [3.05, 3.63) is 41.5 Å². The van der Waals surface area contributed by atoms with Crippen LogP contribution >= 0.6 is 11.6 Å². The number of halogens is 2. The van der Waals surface area contributed by atoms with Crippen molar-refractivity contribution in [3.8, 4) is 23.0 Å². The van der Waals surface area contributed by atoms with Gasteiger partial charge in [0.15, 0.2) is 23.2 Å². The lowest BCUT2D eigenvalue weighted by molar-refractivity contribution is 0.412. The molecule has 3 heterocycles. The fourth-order valence-corrected chi connectivity index (χ4v) is 3.97. The van der Waals surface area contributed by atoms with Crippen molar-refractivity contribution in [1.29, 1.82) is 0 Å². The van der Waals surface area contributed by atoms with Gasteiger partial charge in [0.1, 0.15) is 16.5 Å². The van der Waals surface area contributed by atoms with Gasteiger partial charge in [-0.15, -0.1) is 10.2 Å². The number of hydrogen-bond donors (Lipinski definition) is 1. The third-order valence-corrected chi connectivity index (χ3v) is 5.41. The Kier molecular flexibility index (Phi) is 4.77. The molecule has 1 N–H and O–H groups in total. The first-order chi connectivity index (χ1) is 13.4. The molecule has 0 spiro atoms. The number of aromatic amines is 1. The maximum Gasteiger partial charge on any atom is 0.180 e. The third kappa shape index (κ3) is 2.93. The van der Waals surface area contributed by atoms with Crippen LogP contribution in [0.4, 0.5) is 4.39 Å². The molecule has 0 saturated carbocycles. The first kappa shape index (κ1) is 18.8. The number of H-pyrrole nitrogens is 1. The van der Waals surface area contributed by atoms with Crippen LogP contribution < -0.4 is 4.74 Å². The maximum absolute atomic E-state index is 15.1. The van der Waals surface area contributed by atoms with Crippen LogP contribution in [0.5, 0.6) is 5.75 Å². The van der Waals surface area contributed by atoms with Crippen LogP contribution in [0.1, 0.15) is 5.82 Å². The summed E-state index contributed by atoms with van der Waals surface area (Å²) in [6.45, 7) is 0. The van der Waals surface area contributed by atoms with Gasteiger partial charge < -0.3 is 23.4 Å². The van der Waals surface area contributed by atoms with Crippen molar-refractivity contribution in [2.75, 3.05) is 13.4 Å². The first-order valence-corrected chi connectivity index (χ1v) is 10.3. The average molecular weight is 423 g/mol. The van der Waals surface area contributed by atoms with E-state index in [9.17, 15) is 4.55 Å². The molecule has 8 nitrogen and oxygen atoms in total. The van der Waals surface area contributed by atoms with Crippen LogP contribution in [0, 0.1) is 5.82 Å². The predicted octanol–water partition coefficient (Wildman–Crippen LogP) is 2.83. The number of ether oxygens (including phenoxy) is 1. The highest BCUT2D eigenvalue weighted by Crippen LogP contribution is 2.41. The Bertz CT molecular complexity index is 1150. The summed E-state index contributed by atoms with van der Waals surface area (Å²) in [5, 5.41) is 8.72. The fourth-order valence-electron chi connectivity index (χ4n) is 3.23. The van der Waals surface area contributed by atoms with Crippen molar-refractivity contribution in [2.24, 2.45) is 7.05 Å². The van der Waals surface area contributed by atoms with Gasteiger partial charge in [0.2, 0.25) is 0 Å². The summed E-state index contributed by atoms with van der Waals surface area (Å²) in [6, 6.07) is 1.68. The molecule has 1 unspecified atom stereocenters. The Labute approximate surface area is 167 Å². The van der Waals surface area contributed by atoms with Crippen LogP contribution in [0.3, 0.4) is 0 Å². The number of hydrogen-bond acceptors (Lipinski definition) is 5. The zero-order valence-electron chi connectivity index (χ0n) is 15.2. The van der Waals surface area contributed by atoms with Crippen LogP contribution in [0.25, 0.3) is 28.1 Å². The number of aryl methyl sites for hydroxylation is 1. The topological polar surface area (TPSA) is 96.6 Å². The summed E-state index contributed by atoms with van der Waals surface area (Å²) in [4.78, 5) is 7.16. The molecule has 0 aliphatic rings. The van der Waals surface area contributed by atoms with E-state index in [2.05, 4.69) is 20.2 Å². The minimum absolute atomic E-state index is 0.0982. The van der Waals surface area contributed by atoms with Crippen LogP contribution in [-0.4, -0.2) is 47.2 Å². The van der Waals surface area contributed by atoms with Crippen LogP contribution in [0.15, 0.2) is 24.8 Å². The molecule has 0 amide bonds. The number of fused-ring (bicyclic) bond motifs is 1. The number of nitrogens with one attached hydrogen (secondary N) is 1. The smallest absolute Gasteiger partial charge is 0.180 e. The molecule has 0 radical (unpaired) electrons. The molecule has 0 saturated heterocycles. The molecular formula is C17H16ClFN6O2S. The molecule has 146 valence electrons. The van der Waals surface area contributed by atoms with E-state index >= 15 is 4.39 Å². The van der Waals surface area contributed by atoms with Gasteiger partial charge in [-0.3, -0.25) is 0 Å². The summed E-state index contributed by atoms with van der Waals surface area (Å²) in [5.41, 5.74) is 1.52. The number of nitrogens with zero attached hydrogens (tertiary/aromatic N) is 5. The van der Waals surface area contributed by atoms with E-state index in [0.717, 1.165) is 0 Å². The highest BCUT2D eigenvalue weighted by Gasteiger charge is 2.26. The summed E-state index contributed by atoms with van der Waals surface area (Å²) < 4.78 is 35.2. The minimum Gasteiger partial charge on any atom is -0.616 e. The average Bonchev–Trinajstić information content (AvgIpc) is 3.37. The molecule has 0 fully saturated rings. The number of imidazole rings is 1. The van der Waals surface area contributed by atoms with Crippen LogP contribution in [-0.2, 0) is 24.0 Å². The number of rotatable bonds is 5. The Balaban J connectivity index is 2.05. The summed E-state index contributed by atoms with van der Waals surface area (Å²) in [7, 11) is 3.14. The highest BCUT2D eigenvalue weighted by atomic mass is 35.5. The summed E-state index contributed by atoms with van der Waals surface area (Å²) in [6.07, 6.45) is 6.56. The van der Waals surface area contributed by atoms with Gasteiger partial charge in [0.25, 0.3) is 0 Å². The van der Waals surface area contributed by atoms with E-state index in [1.165, 1.54) is 7.11 Å². The Morgan fingerprint density at radius 2 is 2.18 bits per heavy atom. The fraction of sp³-hybridized carbons (Fsp3) is 0.235. The second-order valence-corrected chi connectivity index (χ2v) is 7.98. The largest absolute Gasteiger partial charge is 0.616 e. The van der Waals surface area contributed by atoms with E-state index in [0.29, 0.717) is 33.9 Å². The SMILES string of the molecule is COc1cc2c(-n3ccnc3)c(-c3nnc(C[S+](C)[O-])[nH]3)n(C)c2c(F)c1Cl. The van der Waals surface area contributed by atoms with E-state index in [4.69, 9.17) is 16.3 Å². The lowest BCUT2D eigenvalue weighted by Gasteiger charge is -2.07. The standard InChI is InChI=1S/C17H16ClFN6O2S/c1-24-14-9(6-10(27-2)12(18)13(14)19)15(25-5-4-20-8-25)16(24)17-21-11(22-23-17)7-28(3)26/h4-6,8H,7H2,1-3H3,(H,21,22,23). The van der Waals surface area contributed by atoms with Crippen molar-refractivity contribution in [1.82, 2.24) is 29.3 Å². The Morgan fingerprint density at radius 3 is 2.82 bits per heavy atom. The second kappa shape index (κ2) is 7.12. The van der Waals surface area contributed by atoms with E-state index in [-0.39, 0.29) is 16.5 Å². The second-order valence-electron chi connectivity index (χ2n) is 6.17. The molecule has 4 aromatic rings. The van der Waals surface area contributed by atoms with Gasteiger partial charge in [-0.25, -0.2) is 9.37 Å². The molecule has 0 aliphatic carbocycles. The molecule has 11 heteroatoms. The molecule has 1 atom stereocenters. The summed E-state index contributed by atoms with van der Waals surface area (Å²) >= 11 is 5.06. The van der Waals surface area contributed by atoms with Gasteiger partial charge in [-0.1, -0.05) is 11.6 Å². The van der Waals surface area contributed by atoms with Crippen molar-refractivity contribution >= 4 is 33.7 Å². The minimum atomic E-state index is -1.08. The zero-order chi connectivity index (χ0) is 20.0. The molecule has 0 bridgehead atoms. The third-order valence-electron chi connectivity index (χ3n) is 4.38. The van der Waals surface area contributed by atoms with Gasteiger partial charge in [-0.05, 0) is 17.2 Å². The zero-order valence-corrected chi connectivity index (χ0v) is 16.8. The Hall–Kier alpha value is -2.56. The van der Waals surface area contributed by atoms with Gasteiger partial charge in [-0.2, -0.15) is 0 Å². The highest BCUT2D eigenvalue weighted by molar-refractivity contribution is 7.89. The lowest BCUT2D eigenvalue weighted by atomic mass is 10.2. The maximum atomic E-state index is 15.1. The molecule has 28 heavy (non-hydrogen) atoms. The van der Waals surface area contributed by atoms with E-state index in [1.807, 2.05) is 0 Å². The van der Waals surface area contributed by atoms with Gasteiger partial charge >= 0.3 is 0 Å². The first-order valence-electron chi connectivity index (χ1n) is 8.17.